The molecule has 0 N–H and O–H groups in total. The summed E-state index contributed by atoms with van der Waals surface area (Å²) < 4.78 is 16.8. The van der Waals surface area contributed by atoms with Gasteiger partial charge in [0.2, 0.25) is 0 Å². The van der Waals surface area contributed by atoms with Gasteiger partial charge < -0.3 is 14.2 Å². The van der Waals surface area contributed by atoms with Gasteiger partial charge in [-0.05, 0) is 18.9 Å². The summed E-state index contributed by atoms with van der Waals surface area (Å²) in [5.41, 5.74) is 0.262. The summed E-state index contributed by atoms with van der Waals surface area (Å²) in [5, 5.41) is 11.3. The molecule has 1 heterocycles. The molecule has 2 fully saturated rings. The molecule has 3 rings (SSSR count). The lowest BCUT2D eigenvalue weighted by Gasteiger charge is -2.31. The number of nitro groups is 1. The van der Waals surface area contributed by atoms with Gasteiger partial charge in [0.1, 0.15) is 6.10 Å². The van der Waals surface area contributed by atoms with Crippen LogP contribution in [0.2, 0.25) is 0 Å². The molecule has 1 aliphatic carbocycles. The average Bonchev–Trinajstić information content (AvgIpc) is 2.93. The molecule has 1 saturated carbocycles. The molecule has 1 aliphatic heterocycles. The number of hydrogen-bond donors (Lipinski definition) is 0. The standard InChI is InChI=1S/C16H19NO6/c1-21-15(18)14-13(11-7-3-4-8-12(11)17(19)20)22-16(23-14)9-5-2-6-10-16/h3-4,7-8,13-14H,2,5-6,9-10H2,1H3/t13-,14?/m0/s1. The van der Waals surface area contributed by atoms with Crippen molar-refractivity contribution >= 4 is 11.7 Å². The Labute approximate surface area is 133 Å². The molecule has 0 amide bonds. The van der Waals surface area contributed by atoms with E-state index < -0.39 is 28.9 Å². The van der Waals surface area contributed by atoms with E-state index in [1.165, 1.54) is 13.2 Å². The highest BCUT2D eigenvalue weighted by Gasteiger charge is 2.53. The Balaban J connectivity index is 1.98. The fourth-order valence-corrected chi connectivity index (χ4v) is 3.35. The number of methoxy groups -OCH3 is 1. The van der Waals surface area contributed by atoms with E-state index in [0.717, 1.165) is 19.3 Å². The molecule has 0 bridgehead atoms. The fraction of sp³-hybridized carbons (Fsp3) is 0.562. The molecule has 1 aromatic carbocycles. The summed E-state index contributed by atoms with van der Waals surface area (Å²) in [6.45, 7) is 0. The van der Waals surface area contributed by atoms with Crippen LogP contribution in [0.3, 0.4) is 0 Å². The van der Waals surface area contributed by atoms with Gasteiger partial charge in [0.15, 0.2) is 11.9 Å². The average molecular weight is 321 g/mol. The van der Waals surface area contributed by atoms with Gasteiger partial charge in [-0.3, -0.25) is 10.1 Å². The summed E-state index contributed by atoms with van der Waals surface area (Å²) in [5.74, 6) is -1.42. The molecule has 23 heavy (non-hydrogen) atoms. The van der Waals surface area contributed by atoms with E-state index >= 15 is 0 Å². The van der Waals surface area contributed by atoms with Gasteiger partial charge in [-0.1, -0.05) is 18.6 Å². The molecule has 2 atom stereocenters. The van der Waals surface area contributed by atoms with E-state index in [1.54, 1.807) is 18.2 Å². The molecular formula is C16H19NO6. The lowest BCUT2D eigenvalue weighted by Crippen LogP contribution is -2.35. The third kappa shape index (κ3) is 2.94. The molecule has 1 saturated heterocycles. The van der Waals surface area contributed by atoms with Gasteiger partial charge in [0.05, 0.1) is 17.6 Å². The van der Waals surface area contributed by atoms with Gasteiger partial charge in [0, 0.05) is 18.9 Å². The quantitative estimate of drug-likeness (QED) is 0.483. The molecule has 0 radical (unpaired) electrons. The predicted octanol–water partition coefficient (Wildman–Crippen LogP) is 2.88. The van der Waals surface area contributed by atoms with Crippen LogP contribution < -0.4 is 0 Å². The van der Waals surface area contributed by atoms with Crippen molar-refractivity contribution in [2.75, 3.05) is 7.11 Å². The largest absolute Gasteiger partial charge is 0.467 e. The number of nitro benzene ring substituents is 1. The highest BCUT2D eigenvalue weighted by atomic mass is 16.8. The predicted molar refractivity (Wildman–Crippen MR) is 79.6 cm³/mol. The number of esters is 1. The van der Waals surface area contributed by atoms with E-state index in [9.17, 15) is 14.9 Å². The molecule has 1 spiro atoms. The van der Waals surface area contributed by atoms with E-state index in [0.29, 0.717) is 18.4 Å². The minimum Gasteiger partial charge on any atom is -0.467 e. The van der Waals surface area contributed by atoms with Crippen LogP contribution in [0.5, 0.6) is 0 Å². The van der Waals surface area contributed by atoms with Crippen molar-refractivity contribution in [3.63, 3.8) is 0 Å². The highest BCUT2D eigenvalue weighted by Crippen LogP contribution is 2.47. The summed E-state index contributed by atoms with van der Waals surface area (Å²) in [6, 6.07) is 6.27. The van der Waals surface area contributed by atoms with Crippen molar-refractivity contribution in [3.05, 3.63) is 39.9 Å². The topological polar surface area (TPSA) is 87.9 Å². The van der Waals surface area contributed by atoms with E-state index in [1.807, 2.05) is 0 Å². The van der Waals surface area contributed by atoms with Crippen molar-refractivity contribution in [3.8, 4) is 0 Å². The van der Waals surface area contributed by atoms with Crippen molar-refractivity contribution in [1.29, 1.82) is 0 Å². The number of nitrogens with zero attached hydrogens (tertiary/aromatic N) is 1. The lowest BCUT2D eigenvalue weighted by molar-refractivity contribution is -0.386. The first-order valence-electron chi connectivity index (χ1n) is 7.73. The molecule has 7 heteroatoms. The first-order chi connectivity index (χ1) is 11.1. The van der Waals surface area contributed by atoms with Gasteiger partial charge >= 0.3 is 5.97 Å². The normalized spacial score (nSPS) is 26.1. The molecule has 0 aromatic heterocycles. The van der Waals surface area contributed by atoms with Gasteiger partial charge in [-0.25, -0.2) is 4.79 Å². The Morgan fingerprint density at radius 1 is 1.26 bits per heavy atom. The maximum absolute atomic E-state index is 12.1. The first-order valence-corrected chi connectivity index (χ1v) is 7.73. The first kappa shape index (κ1) is 15.9. The molecule has 1 aromatic rings. The smallest absolute Gasteiger partial charge is 0.338 e. The Morgan fingerprint density at radius 2 is 1.96 bits per heavy atom. The third-order valence-corrected chi connectivity index (χ3v) is 4.45. The molecule has 2 aliphatic rings. The lowest BCUT2D eigenvalue weighted by atomic mass is 9.94. The summed E-state index contributed by atoms with van der Waals surface area (Å²) >= 11 is 0. The number of para-hydroxylation sites is 1. The number of rotatable bonds is 3. The minimum atomic E-state index is -0.987. The number of ether oxygens (including phenoxy) is 3. The fourth-order valence-electron chi connectivity index (χ4n) is 3.35. The van der Waals surface area contributed by atoms with Crippen molar-refractivity contribution in [2.45, 2.75) is 50.1 Å². The van der Waals surface area contributed by atoms with E-state index in [-0.39, 0.29) is 5.69 Å². The Bertz CT molecular complexity index is 610. The summed E-state index contributed by atoms with van der Waals surface area (Å²) in [7, 11) is 1.27. The Morgan fingerprint density at radius 3 is 2.61 bits per heavy atom. The molecule has 1 unspecified atom stereocenters. The second kappa shape index (κ2) is 6.25. The maximum Gasteiger partial charge on any atom is 0.338 e. The van der Waals surface area contributed by atoms with E-state index in [4.69, 9.17) is 14.2 Å². The third-order valence-electron chi connectivity index (χ3n) is 4.45. The number of hydrogen-bond acceptors (Lipinski definition) is 6. The number of carbonyl (C=O) groups excluding carboxylic acids is 1. The molecular weight excluding hydrogens is 302 g/mol. The SMILES string of the molecule is COC(=O)C1OC2(CCCCC2)O[C@H]1c1ccccc1[N+](=O)[O-]. The zero-order valence-corrected chi connectivity index (χ0v) is 12.9. The van der Waals surface area contributed by atoms with Crippen LogP contribution in [0.25, 0.3) is 0 Å². The van der Waals surface area contributed by atoms with Crippen molar-refractivity contribution < 1.29 is 23.9 Å². The van der Waals surface area contributed by atoms with Crippen LogP contribution >= 0.6 is 0 Å². The minimum absolute atomic E-state index is 0.0807. The van der Waals surface area contributed by atoms with Crippen LogP contribution in [0.4, 0.5) is 5.69 Å². The van der Waals surface area contributed by atoms with Gasteiger partial charge in [0.25, 0.3) is 5.69 Å². The summed E-state index contributed by atoms with van der Waals surface area (Å²) in [4.78, 5) is 22.9. The van der Waals surface area contributed by atoms with Gasteiger partial charge in [-0.2, -0.15) is 0 Å². The van der Waals surface area contributed by atoms with Crippen molar-refractivity contribution in [1.82, 2.24) is 0 Å². The highest BCUT2D eigenvalue weighted by molar-refractivity contribution is 5.76. The van der Waals surface area contributed by atoms with Crippen LogP contribution in [-0.2, 0) is 19.0 Å². The zero-order valence-electron chi connectivity index (χ0n) is 12.9. The second-order valence-electron chi connectivity index (χ2n) is 5.89. The van der Waals surface area contributed by atoms with Crippen LogP contribution in [0.1, 0.15) is 43.8 Å². The summed E-state index contributed by atoms with van der Waals surface area (Å²) in [6.07, 6.45) is 2.51. The maximum atomic E-state index is 12.1. The Hall–Kier alpha value is -1.99. The van der Waals surface area contributed by atoms with Crippen LogP contribution in [0.15, 0.2) is 24.3 Å². The Kier molecular flexibility index (Phi) is 4.32. The van der Waals surface area contributed by atoms with Crippen LogP contribution in [-0.4, -0.2) is 29.9 Å². The molecule has 124 valence electrons. The number of carbonyl (C=O) groups is 1. The number of benzene rings is 1. The second-order valence-corrected chi connectivity index (χ2v) is 5.89. The zero-order chi connectivity index (χ0) is 16.4. The van der Waals surface area contributed by atoms with Crippen LogP contribution in [0, 0.1) is 10.1 Å². The monoisotopic (exact) mass is 321 g/mol. The van der Waals surface area contributed by atoms with Gasteiger partial charge in [-0.15, -0.1) is 0 Å². The van der Waals surface area contributed by atoms with E-state index in [2.05, 4.69) is 0 Å². The van der Waals surface area contributed by atoms with Crippen molar-refractivity contribution in [2.24, 2.45) is 0 Å². The molecule has 7 nitrogen and oxygen atoms in total.